The summed E-state index contributed by atoms with van der Waals surface area (Å²) >= 11 is 5.98. The second kappa shape index (κ2) is 4.63. The van der Waals surface area contributed by atoms with Crippen molar-refractivity contribution in [2.45, 2.75) is 6.92 Å². The largest absolute Gasteiger partial charge is 0.397 e. The van der Waals surface area contributed by atoms with Gasteiger partial charge in [-0.1, -0.05) is 23.7 Å². The third kappa shape index (κ3) is 2.50. The number of halogens is 2. The second-order valence-electron chi connectivity index (χ2n) is 3.79. The third-order valence-corrected chi connectivity index (χ3v) is 2.82. The number of aryl methyl sites for hydroxylation is 1. The summed E-state index contributed by atoms with van der Waals surface area (Å²) in [7, 11) is 0. The van der Waals surface area contributed by atoms with Crippen molar-refractivity contribution in [1.82, 2.24) is 0 Å². The van der Waals surface area contributed by atoms with E-state index in [2.05, 4.69) is 5.32 Å². The number of nitrogens with two attached hydrogens (primary N) is 1. The van der Waals surface area contributed by atoms with Gasteiger partial charge in [0, 0.05) is 0 Å². The number of hydrogen-bond donors (Lipinski definition) is 2. The lowest BCUT2D eigenvalue weighted by atomic mass is 10.1. The van der Waals surface area contributed by atoms with E-state index in [1.54, 1.807) is 6.07 Å². The Hall–Kier alpha value is -1.74. The summed E-state index contributed by atoms with van der Waals surface area (Å²) in [6.45, 7) is 1.92. The van der Waals surface area contributed by atoms with Gasteiger partial charge in [0.2, 0.25) is 0 Å². The fraction of sp³-hybridized carbons (Fsp3) is 0.0769. The molecule has 2 rings (SSSR count). The van der Waals surface area contributed by atoms with Crippen LogP contribution in [0.3, 0.4) is 0 Å². The molecule has 0 atom stereocenters. The molecule has 0 heterocycles. The molecular formula is C13H12ClFN2. The van der Waals surface area contributed by atoms with Crippen LogP contribution >= 0.6 is 11.6 Å². The molecule has 0 radical (unpaired) electrons. The van der Waals surface area contributed by atoms with E-state index in [0.717, 1.165) is 11.3 Å². The minimum Gasteiger partial charge on any atom is -0.397 e. The Bertz CT molecular complexity index is 535. The SMILES string of the molecule is Cc1cccc(N)c1Nc1cc(F)ccc1Cl. The molecule has 2 aromatic rings. The van der Waals surface area contributed by atoms with Gasteiger partial charge in [-0.15, -0.1) is 0 Å². The van der Waals surface area contributed by atoms with E-state index in [4.69, 9.17) is 17.3 Å². The molecular weight excluding hydrogens is 239 g/mol. The fourth-order valence-corrected chi connectivity index (χ4v) is 1.75. The summed E-state index contributed by atoms with van der Waals surface area (Å²) in [6.07, 6.45) is 0. The molecule has 2 nitrogen and oxygen atoms in total. The number of benzene rings is 2. The Morgan fingerprint density at radius 1 is 1.24 bits per heavy atom. The first-order chi connectivity index (χ1) is 8.08. The van der Waals surface area contributed by atoms with Gasteiger partial charge in [0.05, 0.1) is 22.1 Å². The van der Waals surface area contributed by atoms with Crippen LogP contribution in [0.1, 0.15) is 5.56 Å². The van der Waals surface area contributed by atoms with Gasteiger partial charge in [0.15, 0.2) is 0 Å². The second-order valence-corrected chi connectivity index (χ2v) is 4.20. The van der Waals surface area contributed by atoms with Gasteiger partial charge in [0.25, 0.3) is 0 Å². The molecule has 0 saturated carbocycles. The van der Waals surface area contributed by atoms with Crippen molar-refractivity contribution >= 4 is 28.7 Å². The van der Waals surface area contributed by atoms with Crippen LogP contribution in [-0.2, 0) is 0 Å². The molecule has 0 aliphatic rings. The highest BCUT2D eigenvalue weighted by Gasteiger charge is 2.06. The molecule has 0 aliphatic heterocycles. The molecule has 0 saturated heterocycles. The summed E-state index contributed by atoms with van der Waals surface area (Å²) in [6, 6.07) is 9.73. The van der Waals surface area contributed by atoms with Crippen LogP contribution in [0.5, 0.6) is 0 Å². The van der Waals surface area contributed by atoms with Gasteiger partial charge in [-0.2, -0.15) is 0 Å². The van der Waals surface area contributed by atoms with Crippen LogP contribution in [0.15, 0.2) is 36.4 Å². The van der Waals surface area contributed by atoms with Gasteiger partial charge >= 0.3 is 0 Å². The molecule has 3 N–H and O–H groups in total. The molecule has 0 spiro atoms. The first-order valence-electron chi connectivity index (χ1n) is 5.15. The van der Waals surface area contributed by atoms with Gasteiger partial charge in [0.1, 0.15) is 5.82 Å². The lowest BCUT2D eigenvalue weighted by molar-refractivity contribution is 0.628. The Kier molecular flexibility index (Phi) is 3.20. The van der Waals surface area contributed by atoms with E-state index in [-0.39, 0.29) is 5.82 Å². The van der Waals surface area contributed by atoms with Crippen LogP contribution in [0.4, 0.5) is 21.5 Å². The number of anilines is 3. The molecule has 17 heavy (non-hydrogen) atoms. The van der Waals surface area contributed by atoms with Crippen LogP contribution in [0.2, 0.25) is 5.02 Å². The van der Waals surface area contributed by atoms with E-state index < -0.39 is 0 Å². The van der Waals surface area contributed by atoms with Crippen molar-refractivity contribution < 1.29 is 4.39 Å². The van der Waals surface area contributed by atoms with E-state index in [1.165, 1.54) is 18.2 Å². The highest BCUT2D eigenvalue weighted by Crippen LogP contribution is 2.31. The Balaban J connectivity index is 2.41. The van der Waals surface area contributed by atoms with Crippen molar-refractivity contribution in [1.29, 1.82) is 0 Å². The van der Waals surface area contributed by atoms with E-state index in [1.807, 2.05) is 19.1 Å². The number of nitrogen functional groups attached to an aromatic ring is 1. The summed E-state index contributed by atoms with van der Waals surface area (Å²) in [5.41, 5.74) is 8.69. The van der Waals surface area contributed by atoms with Crippen molar-refractivity contribution in [3.8, 4) is 0 Å². The molecule has 88 valence electrons. The van der Waals surface area contributed by atoms with Gasteiger partial charge < -0.3 is 11.1 Å². The van der Waals surface area contributed by atoms with Crippen molar-refractivity contribution in [3.63, 3.8) is 0 Å². The van der Waals surface area contributed by atoms with Crippen molar-refractivity contribution in [2.24, 2.45) is 0 Å². The number of hydrogen-bond acceptors (Lipinski definition) is 2. The maximum Gasteiger partial charge on any atom is 0.125 e. The highest BCUT2D eigenvalue weighted by molar-refractivity contribution is 6.33. The number of para-hydroxylation sites is 1. The number of nitrogens with one attached hydrogen (secondary N) is 1. The van der Waals surface area contributed by atoms with E-state index in [0.29, 0.717) is 16.4 Å². The van der Waals surface area contributed by atoms with Crippen LogP contribution in [0, 0.1) is 12.7 Å². The lowest BCUT2D eigenvalue weighted by Gasteiger charge is -2.13. The average Bonchev–Trinajstić information content (AvgIpc) is 2.28. The van der Waals surface area contributed by atoms with E-state index >= 15 is 0 Å². The molecule has 0 bridgehead atoms. The highest BCUT2D eigenvalue weighted by atomic mass is 35.5. The monoisotopic (exact) mass is 250 g/mol. The van der Waals surface area contributed by atoms with Crippen LogP contribution in [-0.4, -0.2) is 0 Å². The topological polar surface area (TPSA) is 38.0 Å². The molecule has 0 fully saturated rings. The maximum atomic E-state index is 13.1. The normalized spacial score (nSPS) is 10.3. The molecule has 0 aliphatic carbocycles. The molecule has 2 aromatic carbocycles. The van der Waals surface area contributed by atoms with Crippen molar-refractivity contribution in [2.75, 3.05) is 11.1 Å². The zero-order chi connectivity index (χ0) is 12.4. The molecule has 0 aromatic heterocycles. The Labute approximate surface area is 104 Å². The summed E-state index contributed by atoms with van der Waals surface area (Å²) in [5, 5.41) is 3.51. The Morgan fingerprint density at radius 3 is 2.71 bits per heavy atom. The van der Waals surface area contributed by atoms with Crippen LogP contribution in [0.25, 0.3) is 0 Å². The Morgan fingerprint density at radius 2 is 2.00 bits per heavy atom. The predicted octanol–water partition coefficient (Wildman–Crippen LogP) is 4.11. The minimum absolute atomic E-state index is 0.343. The maximum absolute atomic E-state index is 13.1. The summed E-state index contributed by atoms with van der Waals surface area (Å²) in [4.78, 5) is 0. The molecule has 0 amide bonds. The number of rotatable bonds is 2. The summed E-state index contributed by atoms with van der Waals surface area (Å²) < 4.78 is 13.1. The quantitative estimate of drug-likeness (QED) is 0.787. The molecule has 4 heteroatoms. The van der Waals surface area contributed by atoms with Crippen LogP contribution < -0.4 is 11.1 Å². The fourth-order valence-electron chi connectivity index (χ4n) is 1.59. The zero-order valence-electron chi connectivity index (χ0n) is 9.30. The first-order valence-corrected chi connectivity index (χ1v) is 5.53. The van der Waals surface area contributed by atoms with Crippen molar-refractivity contribution in [3.05, 3.63) is 52.8 Å². The zero-order valence-corrected chi connectivity index (χ0v) is 10.1. The smallest absolute Gasteiger partial charge is 0.125 e. The van der Waals surface area contributed by atoms with Gasteiger partial charge in [-0.25, -0.2) is 4.39 Å². The molecule has 0 unspecified atom stereocenters. The lowest BCUT2D eigenvalue weighted by Crippen LogP contribution is -1.99. The van der Waals surface area contributed by atoms with Gasteiger partial charge in [-0.05, 0) is 36.8 Å². The standard InChI is InChI=1S/C13H12ClFN2/c1-8-3-2-4-11(16)13(8)17-12-7-9(15)5-6-10(12)14/h2-7,17H,16H2,1H3. The van der Waals surface area contributed by atoms with E-state index in [9.17, 15) is 4.39 Å². The minimum atomic E-state index is -0.343. The third-order valence-electron chi connectivity index (χ3n) is 2.49. The predicted molar refractivity (Wildman–Crippen MR) is 70.3 cm³/mol. The van der Waals surface area contributed by atoms with Gasteiger partial charge in [-0.3, -0.25) is 0 Å². The average molecular weight is 251 g/mol. The summed E-state index contributed by atoms with van der Waals surface area (Å²) in [5.74, 6) is -0.343. The first kappa shape index (κ1) is 11.7.